The molecule has 1 unspecified atom stereocenters. The van der Waals surface area contributed by atoms with E-state index in [0.717, 1.165) is 40.5 Å². The van der Waals surface area contributed by atoms with Crippen LogP contribution in [0.15, 0.2) is 132 Å². The summed E-state index contributed by atoms with van der Waals surface area (Å²) in [6.07, 6.45) is 7.96. The summed E-state index contributed by atoms with van der Waals surface area (Å²) in [7, 11) is 0. The van der Waals surface area contributed by atoms with Crippen LogP contribution >= 0.6 is 56.7 Å². The molecule has 0 amide bonds. The van der Waals surface area contributed by atoms with Gasteiger partial charge in [-0.25, -0.2) is 0 Å². The lowest BCUT2D eigenvalue weighted by Gasteiger charge is -2.35. The number of thiophene rings is 5. The SMILES string of the molecule is CCCCCOc1ccc(C2(c3ccc(-c4ccc(-c5cccs5)s4)s3)C=Cc3c(ccc4cc(-c5ccc(-c6cccs6)s5)ccc34)O2)cc1. The minimum Gasteiger partial charge on any atom is -0.494 e. The molecule has 0 bridgehead atoms. The molecule has 0 saturated carbocycles. The van der Waals surface area contributed by atoms with E-state index in [1.54, 1.807) is 22.7 Å². The minimum absolute atomic E-state index is 0.738. The van der Waals surface area contributed by atoms with Crippen LogP contribution in [0.25, 0.3) is 56.6 Å². The number of benzene rings is 3. The molecule has 0 radical (unpaired) electrons. The van der Waals surface area contributed by atoms with E-state index in [-0.39, 0.29) is 0 Å². The molecule has 3 aromatic carbocycles. The van der Waals surface area contributed by atoms with Crippen LogP contribution in [-0.2, 0) is 5.60 Å². The third kappa shape index (κ3) is 6.32. The summed E-state index contributed by atoms with van der Waals surface area (Å²) >= 11 is 9.08. The van der Waals surface area contributed by atoms with Gasteiger partial charge in [-0.2, -0.15) is 0 Å². The maximum atomic E-state index is 7.22. The Balaban J connectivity index is 1.07. The fraction of sp³-hybridized carbons (Fsp3) is 0.136. The van der Waals surface area contributed by atoms with Crippen molar-refractivity contribution in [3.63, 3.8) is 0 Å². The molecular weight excluding hydrogens is 721 g/mol. The van der Waals surface area contributed by atoms with Gasteiger partial charge in [0.15, 0.2) is 5.60 Å². The largest absolute Gasteiger partial charge is 0.494 e. The number of hydrogen-bond acceptors (Lipinski definition) is 7. The Labute approximate surface area is 318 Å². The third-order valence-electron chi connectivity index (χ3n) is 9.32. The first-order valence-electron chi connectivity index (χ1n) is 17.2. The van der Waals surface area contributed by atoms with Crippen LogP contribution in [0.1, 0.15) is 42.2 Å². The third-order valence-corrected chi connectivity index (χ3v) is 15.1. The van der Waals surface area contributed by atoms with Crippen LogP contribution in [0.2, 0.25) is 0 Å². The molecule has 5 aromatic heterocycles. The Hall–Kier alpha value is -4.24. The Morgan fingerprint density at radius 3 is 2.04 bits per heavy atom. The fourth-order valence-electron chi connectivity index (χ4n) is 6.66. The molecule has 6 heterocycles. The minimum atomic E-state index is -0.771. The summed E-state index contributed by atoms with van der Waals surface area (Å²) in [4.78, 5) is 10.2. The first-order valence-corrected chi connectivity index (χ1v) is 21.4. The highest BCUT2D eigenvalue weighted by atomic mass is 32.1. The van der Waals surface area contributed by atoms with Gasteiger partial charge in [0, 0.05) is 45.3 Å². The van der Waals surface area contributed by atoms with Gasteiger partial charge in [-0.15, -0.1) is 56.7 Å². The molecule has 0 spiro atoms. The van der Waals surface area contributed by atoms with Gasteiger partial charge in [0.05, 0.1) is 11.5 Å². The molecule has 1 atom stereocenters. The average molecular weight is 755 g/mol. The van der Waals surface area contributed by atoms with Crippen molar-refractivity contribution in [2.75, 3.05) is 6.61 Å². The second kappa shape index (κ2) is 14.1. The molecule has 0 saturated heterocycles. The smallest absolute Gasteiger partial charge is 0.187 e. The van der Waals surface area contributed by atoms with Gasteiger partial charge in [0.2, 0.25) is 0 Å². The zero-order valence-corrected chi connectivity index (χ0v) is 32.0. The summed E-state index contributed by atoms with van der Waals surface area (Å²) in [5, 5.41) is 6.68. The van der Waals surface area contributed by atoms with E-state index < -0.39 is 5.60 Å². The predicted octanol–water partition coefficient (Wildman–Crippen LogP) is 14.7. The first-order chi connectivity index (χ1) is 25.2. The summed E-state index contributed by atoms with van der Waals surface area (Å²) in [6.45, 7) is 2.95. The summed E-state index contributed by atoms with van der Waals surface area (Å²) in [5.41, 5.74) is 2.67. The summed E-state index contributed by atoms with van der Waals surface area (Å²) in [5.74, 6) is 1.78. The van der Waals surface area contributed by atoms with E-state index >= 15 is 0 Å². The van der Waals surface area contributed by atoms with Crippen molar-refractivity contribution >= 4 is 73.5 Å². The zero-order valence-electron chi connectivity index (χ0n) is 28.0. The standard InChI is InChI=1S/C44H34O2S5/c1-2-3-4-25-45-32-13-11-31(12-14-32)44(43-22-21-42(51-43)41-20-19-40(50-41)38-8-6-27-48-38)24-23-34-33-15-9-30(28-29(33)10-16-35(34)46-44)36-17-18-39(49-36)37-7-5-26-47-37/h5-24,26-28H,2-4,25H2,1H3. The highest BCUT2D eigenvalue weighted by Crippen LogP contribution is 2.49. The molecular formula is C44H34O2S5. The molecule has 9 rings (SSSR count). The van der Waals surface area contributed by atoms with Crippen LogP contribution < -0.4 is 9.47 Å². The Morgan fingerprint density at radius 2 is 1.31 bits per heavy atom. The monoisotopic (exact) mass is 754 g/mol. The van der Waals surface area contributed by atoms with Crippen molar-refractivity contribution in [1.29, 1.82) is 0 Å². The van der Waals surface area contributed by atoms with E-state index in [9.17, 15) is 0 Å². The predicted molar refractivity (Wildman–Crippen MR) is 223 cm³/mol. The maximum absolute atomic E-state index is 7.22. The van der Waals surface area contributed by atoms with Crippen molar-refractivity contribution < 1.29 is 9.47 Å². The molecule has 252 valence electrons. The van der Waals surface area contributed by atoms with Crippen molar-refractivity contribution in [3.05, 3.63) is 148 Å². The van der Waals surface area contributed by atoms with Crippen molar-refractivity contribution in [2.24, 2.45) is 0 Å². The van der Waals surface area contributed by atoms with Crippen molar-refractivity contribution in [3.8, 4) is 51.2 Å². The number of hydrogen-bond donors (Lipinski definition) is 0. The molecule has 2 nitrogen and oxygen atoms in total. The first kappa shape index (κ1) is 32.7. The van der Waals surface area contributed by atoms with Crippen LogP contribution in [-0.4, -0.2) is 6.61 Å². The normalized spacial score (nSPS) is 15.2. The van der Waals surface area contributed by atoms with Crippen molar-refractivity contribution in [1.82, 2.24) is 0 Å². The summed E-state index contributed by atoms with van der Waals surface area (Å²) in [6, 6.07) is 41.8. The maximum Gasteiger partial charge on any atom is 0.187 e. The lowest BCUT2D eigenvalue weighted by Crippen LogP contribution is -2.33. The Morgan fingerprint density at radius 1 is 0.627 bits per heavy atom. The highest BCUT2D eigenvalue weighted by molar-refractivity contribution is 7.26. The molecule has 51 heavy (non-hydrogen) atoms. The van der Waals surface area contributed by atoms with Gasteiger partial charge in [0.25, 0.3) is 0 Å². The molecule has 0 aliphatic carbocycles. The number of unbranched alkanes of at least 4 members (excludes halogenated alkanes) is 2. The van der Waals surface area contributed by atoms with Crippen molar-refractivity contribution in [2.45, 2.75) is 31.8 Å². The molecule has 1 aliphatic heterocycles. The second-order valence-electron chi connectivity index (χ2n) is 12.6. The Bertz CT molecular complexity index is 2440. The number of fused-ring (bicyclic) bond motifs is 3. The molecule has 0 fully saturated rings. The fourth-order valence-corrected chi connectivity index (χ4v) is 11.6. The molecule has 7 heteroatoms. The van der Waals surface area contributed by atoms with E-state index in [0.29, 0.717) is 0 Å². The van der Waals surface area contributed by atoms with E-state index in [1.807, 2.05) is 34.0 Å². The zero-order chi connectivity index (χ0) is 34.2. The molecule has 1 aliphatic rings. The van der Waals surface area contributed by atoms with E-state index in [4.69, 9.17) is 9.47 Å². The van der Waals surface area contributed by atoms with E-state index in [1.165, 1.54) is 63.3 Å². The second-order valence-corrected chi connectivity index (χ2v) is 17.8. The van der Waals surface area contributed by atoms with Crippen LogP contribution in [0, 0.1) is 0 Å². The van der Waals surface area contributed by atoms with Crippen LogP contribution in [0.4, 0.5) is 0 Å². The summed E-state index contributed by atoms with van der Waals surface area (Å²) < 4.78 is 13.3. The van der Waals surface area contributed by atoms with Crippen LogP contribution in [0.3, 0.4) is 0 Å². The lowest BCUT2D eigenvalue weighted by atomic mass is 9.87. The Kier molecular flexibility index (Phi) is 9.00. The quantitative estimate of drug-likeness (QED) is 0.122. The number of rotatable bonds is 11. The molecule has 8 aromatic rings. The highest BCUT2D eigenvalue weighted by Gasteiger charge is 2.39. The van der Waals surface area contributed by atoms with Gasteiger partial charge >= 0.3 is 0 Å². The molecule has 0 N–H and O–H groups in total. The van der Waals surface area contributed by atoms with Gasteiger partial charge < -0.3 is 9.47 Å². The van der Waals surface area contributed by atoms with Gasteiger partial charge in [-0.1, -0.05) is 62.2 Å². The number of ether oxygens (including phenoxy) is 2. The van der Waals surface area contributed by atoms with Gasteiger partial charge in [-0.3, -0.25) is 0 Å². The lowest BCUT2D eigenvalue weighted by molar-refractivity contribution is 0.165. The van der Waals surface area contributed by atoms with Crippen LogP contribution in [0.5, 0.6) is 11.5 Å². The topological polar surface area (TPSA) is 18.5 Å². The average Bonchev–Trinajstić information content (AvgIpc) is 4.02. The van der Waals surface area contributed by atoms with E-state index in [2.05, 4.69) is 145 Å². The van der Waals surface area contributed by atoms with Gasteiger partial charge in [0.1, 0.15) is 11.5 Å². The van der Waals surface area contributed by atoms with Gasteiger partial charge in [-0.05, 0) is 118 Å².